The summed E-state index contributed by atoms with van der Waals surface area (Å²) in [6.07, 6.45) is 12.5. The Hall–Kier alpha value is -2.74. The number of terminal acetylenes is 1. The van der Waals surface area contributed by atoms with Gasteiger partial charge in [-0.2, -0.15) is 0 Å². The summed E-state index contributed by atoms with van der Waals surface area (Å²) in [6, 6.07) is 2.35. The van der Waals surface area contributed by atoms with Crippen LogP contribution in [0.3, 0.4) is 0 Å². The average molecular weight is 308 g/mol. The van der Waals surface area contributed by atoms with Crippen LogP contribution in [-0.2, 0) is 4.79 Å². The van der Waals surface area contributed by atoms with Crippen molar-refractivity contribution in [3.8, 4) is 12.3 Å². The number of piperidine rings is 1. The molecule has 2 N–H and O–H groups in total. The fourth-order valence-electron chi connectivity index (χ4n) is 3.16. The molecule has 1 saturated heterocycles. The van der Waals surface area contributed by atoms with E-state index < -0.39 is 0 Å². The van der Waals surface area contributed by atoms with Gasteiger partial charge in [-0.25, -0.2) is 4.98 Å². The number of hydrogen-bond donors (Lipinski definition) is 2. The highest BCUT2D eigenvalue weighted by Gasteiger charge is 2.28. The first-order valence-electron chi connectivity index (χ1n) is 7.76. The molecule has 1 aliphatic heterocycles. The van der Waals surface area contributed by atoms with E-state index in [0.29, 0.717) is 6.54 Å². The molecule has 0 unspecified atom stereocenters. The summed E-state index contributed by atoms with van der Waals surface area (Å²) >= 11 is 0. The van der Waals surface area contributed by atoms with E-state index in [1.165, 1.54) is 6.08 Å². The van der Waals surface area contributed by atoms with E-state index in [2.05, 4.69) is 34.7 Å². The van der Waals surface area contributed by atoms with E-state index in [-0.39, 0.29) is 18.0 Å². The smallest absolute Gasteiger partial charge is 0.246 e. The number of carbonyl (C=O) groups excluding carboxylic acids is 1. The molecule has 0 aromatic carbocycles. The van der Waals surface area contributed by atoms with Gasteiger partial charge in [-0.15, -0.1) is 6.42 Å². The van der Waals surface area contributed by atoms with Crippen molar-refractivity contribution in [1.29, 1.82) is 0 Å². The molecule has 0 spiro atoms. The molecule has 1 fully saturated rings. The number of carbonyl (C=O) groups is 1. The van der Waals surface area contributed by atoms with Crippen molar-refractivity contribution < 1.29 is 4.79 Å². The number of pyridine rings is 1. The lowest BCUT2D eigenvalue weighted by atomic mass is 9.98. The molecule has 1 aliphatic rings. The Balaban J connectivity index is 1.85. The maximum absolute atomic E-state index is 12.0. The van der Waals surface area contributed by atoms with Crippen molar-refractivity contribution >= 4 is 22.6 Å². The second-order valence-electron chi connectivity index (χ2n) is 5.89. The van der Waals surface area contributed by atoms with Crippen LogP contribution in [-0.4, -0.2) is 39.4 Å². The van der Waals surface area contributed by atoms with Crippen LogP contribution in [0.1, 0.15) is 25.3 Å². The van der Waals surface area contributed by atoms with Gasteiger partial charge in [-0.3, -0.25) is 4.79 Å². The van der Waals surface area contributed by atoms with Crippen molar-refractivity contribution in [3.05, 3.63) is 36.7 Å². The van der Waals surface area contributed by atoms with Gasteiger partial charge in [0.05, 0.1) is 10.9 Å². The first-order valence-corrected chi connectivity index (χ1v) is 7.76. The second-order valence-corrected chi connectivity index (χ2v) is 5.89. The van der Waals surface area contributed by atoms with Crippen molar-refractivity contribution in [1.82, 2.24) is 14.9 Å². The third-order valence-corrected chi connectivity index (χ3v) is 4.43. The summed E-state index contributed by atoms with van der Waals surface area (Å²) in [6.45, 7) is 6.32. The lowest BCUT2D eigenvalue weighted by Gasteiger charge is -2.38. The molecule has 5 nitrogen and oxygen atoms in total. The normalized spacial score (nSPS) is 21.0. The fraction of sp³-hybridized carbons (Fsp3) is 0.333. The van der Waals surface area contributed by atoms with E-state index >= 15 is 0 Å². The lowest BCUT2D eigenvalue weighted by molar-refractivity contribution is -0.129. The topological polar surface area (TPSA) is 61.0 Å². The van der Waals surface area contributed by atoms with Crippen molar-refractivity contribution in [2.24, 2.45) is 0 Å². The summed E-state index contributed by atoms with van der Waals surface area (Å²) in [5.41, 5.74) is 2.51. The number of H-pyrrole nitrogens is 1. The molecule has 5 heteroatoms. The van der Waals surface area contributed by atoms with Crippen LogP contribution in [0.4, 0.5) is 5.69 Å². The molecule has 23 heavy (non-hydrogen) atoms. The monoisotopic (exact) mass is 308 g/mol. The molecular weight excluding hydrogens is 288 g/mol. The summed E-state index contributed by atoms with van der Waals surface area (Å²) < 4.78 is 0. The van der Waals surface area contributed by atoms with E-state index in [0.717, 1.165) is 35.1 Å². The van der Waals surface area contributed by atoms with E-state index in [1.54, 1.807) is 12.4 Å². The van der Waals surface area contributed by atoms with Crippen molar-refractivity contribution in [3.63, 3.8) is 0 Å². The minimum absolute atomic E-state index is 0.0187. The van der Waals surface area contributed by atoms with Crippen molar-refractivity contribution in [2.45, 2.75) is 31.8 Å². The summed E-state index contributed by atoms with van der Waals surface area (Å²) in [5.74, 6) is 2.66. The van der Waals surface area contributed by atoms with Crippen LogP contribution in [0.2, 0.25) is 0 Å². The molecule has 3 heterocycles. The minimum Gasteiger partial charge on any atom is -0.380 e. The Labute approximate surface area is 135 Å². The van der Waals surface area contributed by atoms with Gasteiger partial charge in [0, 0.05) is 36.7 Å². The molecule has 2 aromatic rings. The van der Waals surface area contributed by atoms with Gasteiger partial charge in [0.15, 0.2) is 0 Å². The third-order valence-electron chi connectivity index (χ3n) is 4.43. The summed E-state index contributed by atoms with van der Waals surface area (Å²) in [5, 5.41) is 4.46. The molecular formula is C18H20N4O. The van der Waals surface area contributed by atoms with E-state index in [4.69, 9.17) is 6.42 Å². The molecule has 0 radical (unpaired) electrons. The molecule has 0 bridgehead atoms. The highest BCUT2D eigenvalue weighted by Crippen LogP contribution is 2.27. The van der Waals surface area contributed by atoms with Crippen LogP contribution in [0, 0.1) is 12.3 Å². The zero-order valence-electron chi connectivity index (χ0n) is 13.2. The Morgan fingerprint density at radius 2 is 2.43 bits per heavy atom. The standard InChI is InChI=1S/C18H20N4O/c1-4-13-10-20-18-17(13)15(8-9-19-18)21-14-7-6-12(3)22(11-14)16(23)5-2/h1,5,8-10,12,14H,2,6-7,11H2,3H3,(H2,19,20,21)/t12-,14+/m0/s1. The number of hydrogen-bond acceptors (Lipinski definition) is 3. The quantitative estimate of drug-likeness (QED) is 0.676. The molecule has 2 atom stereocenters. The number of aromatic nitrogens is 2. The van der Waals surface area contributed by atoms with E-state index in [1.807, 2.05) is 11.0 Å². The first kappa shape index (κ1) is 15.2. The SMILES string of the molecule is C#Cc1c[nH]c2nccc(N[C@@H]3CC[C@H](C)N(C(=O)C=C)C3)c12. The van der Waals surface area contributed by atoms with Crippen LogP contribution in [0.5, 0.6) is 0 Å². The number of rotatable bonds is 3. The Bertz CT molecular complexity index is 786. The molecule has 3 rings (SSSR count). The average Bonchev–Trinajstić information content (AvgIpc) is 3.00. The molecule has 1 amide bonds. The third kappa shape index (κ3) is 2.80. The number of nitrogens with one attached hydrogen (secondary N) is 2. The molecule has 118 valence electrons. The number of aromatic amines is 1. The van der Waals surface area contributed by atoms with Crippen LogP contribution in [0.25, 0.3) is 11.0 Å². The maximum atomic E-state index is 12.0. The van der Waals surface area contributed by atoms with Gasteiger partial charge in [0.25, 0.3) is 0 Å². The van der Waals surface area contributed by atoms with Crippen LogP contribution < -0.4 is 5.32 Å². The second kappa shape index (κ2) is 6.17. The summed E-state index contributed by atoms with van der Waals surface area (Å²) in [4.78, 5) is 21.2. The van der Waals surface area contributed by atoms with Gasteiger partial charge >= 0.3 is 0 Å². The zero-order chi connectivity index (χ0) is 16.4. The van der Waals surface area contributed by atoms with Crippen molar-refractivity contribution in [2.75, 3.05) is 11.9 Å². The first-order chi connectivity index (χ1) is 11.1. The van der Waals surface area contributed by atoms with Gasteiger partial charge in [0.2, 0.25) is 5.91 Å². The number of nitrogens with zero attached hydrogens (tertiary/aromatic N) is 2. The zero-order valence-corrected chi connectivity index (χ0v) is 13.2. The van der Waals surface area contributed by atoms with Gasteiger partial charge < -0.3 is 15.2 Å². The number of anilines is 1. The highest BCUT2D eigenvalue weighted by molar-refractivity contribution is 5.94. The minimum atomic E-state index is -0.0187. The number of amides is 1. The van der Waals surface area contributed by atoms with Gasteiger partial charge in [-0.1, -0.05) is 12.5 Å². The largest absolute Gasteiger partial charge is 0.380 e. The lowest BCUT2D eigenvalue weighted by Crippen LogP contribution is -2.49. The molecule has 0 saturated carbocycles. The molecule has 0 aliphatic carbocycles. The number of likely N-dealkylation sites (tertiary alicyclic amines) is 1. The summed E-state index contributed by atoms with van der Waals surface area (Å²) in [7, 11) is 0. The van der Waals surface area contributed by atoms with Gasteiger partial charge in [0.1, 0.15) is 5.65 Å². The predicted molar refractivity (Wildman–Crippen MR) is 92.0 cm³/mol. The Kier molecular flexibility index (Phi) is 4.07. The van der Waals surface area contributed by atoms with Crippen LogP contribution >= 0.6 is 0 Å². The molecule has 2 aromatic heterocycles. The van der Waals surface area contributed by atoms with Gasteiger partial charge in [-0.05, 0) is 31.9 Å². The Morgan fingerprint density at radius 1 is 1.61 bits per heavy atom. The highest BCUT2D eigenvalue weighted by atomic mass is 16.2. The Morgan fingerprint density at radius 3 is 3.17 bits per heavy atom. The van der Waals surface area contributed by atoms with E-state index in [9.17, 15) is 4.79 Å². The number of fused-ring (bicyclic) bond motifs is 1. The van der Waals surface area contributed by atoms with Crippen LogP contribution in [0.15, 0.2) is 31.1 Å². The fourth-order valence-corrected chi connectivity index (χ4v) is 3.16. The maximum Gasteiger partial charge on any atom is 0.246 e. The predicted octanol–water partition coefficient (Wildman–Crippen LogP) is 2.52.